The largest absolute Gasteiger partial charge is 0.274 e. The van der Waals surface area contributed by atoms with Crippen LogP contribution < -0.4 is 4.72 Å². The summed E-state index contributed by atoms with van der Waals surface area (Å²) in [5.41, 5.74) is -0.774. The van der Waals surface area contributed by atoms with Gasteiger partial charge in [0.05, 0.1) is 0 Å². The van der Waals surface area contributed by atoms with Gasteiger partial charge in [0.25, 0.3) is 10.0 Å². The summed E-state index contributed by atoms with van der Waals surface area (Å²) in [5.74, 6) is -2.07. The Morgan fingerprint density at radius 1 is 1.25 bits per heavy atom. The Labute approximate surface area is 127 Å². The molecular formula is C11H6BrClF2N2O2S. The monoisotopic (exact) mass is 382 g/mol. The Morgan fingerprint density at radius 3 is 2.45 bits per heavy atom. The molecule has 2 aromatic rings. The number of aromatic nitrogens is 1. The Kier molecular flexibility index (Phi) is 4.26. The molecule has 1 aromatic heterocycles. The lowest BCUT2D eigenvalue weighted by Crippen LogP contribution is -2.16. The van der Waals surface area contributed by atoms with Gasteiger partial charge in [-0.25, -0.2) is 22.2 Å². The zero-order valence-corrected chi connectivity index (χ0v) is 12.7. The van der Waals surface area contributed by atoms with E-state index in [9.17, 15) is 17.2 Å². The normalized spacial score (nSPS) is 11.4. The molecule has 0 atom stereocenters. The number of anilines is 1. The molecule has 0 bridgehead atoms. The maximum atomic E-state index is 13.5. The third-order valence-corrected chi connectivity index (χ3v) is 4.47. The van der Waals surface area contributed by atoms with E-state index < -0.39 is 32.2 Å². The lowest BCUT2D eigenvalue weighted by molar-refractivity contribution is 0.582. The van der Waals surface area contributed by atoms with Crippen molar-refractivity contribution in [3.63, 3.8) is 0 Å². The number of benzene rings is 1. The average molecular weight is 384 g/mol. The van der Waals surface area contributed by atoms with Crippen LogP contribution in [0.4, 0.5) is 14.5 Å². The van der Waals surface area contributed by atoms with Crippen molar-refractivity contribution in [1.29, 1.82) is 0 Å². The molecule has 9 heteroatoms. The second-order valence-electron chi connectivity index (χ2n) is 3.64. The fourth-order valence-electron chi connectivity index (χ4n) is 1.38. The Morgan fingerprint density at radius 2 is 1.85 bits per heavy atom. The minimum atomic E-state index is -4.27. The van der Waals surface area contributed by atoms with Gasteiger partial charge < -0.3 is 0 Å². The van der Waals surface area contributed by atoms with Gasteiger partial charge in [-0.15, -0.1) is 0 Å². The Bertz CT molecular complexity index is 751. The molecular weight excluding hydrogens is 378 g/mol. The summed E-state index contributed by atoms with van der Waals surface area (Å²) in [6, 6.07) is 4.16. The fraction of sp³-hybridized carbons (Fsp3) is 0. The molecule has 0 spiro atoms. The van der Waals surface area contributed by atoms with Crippen LogP contribution >= 0.6 is 27.5 Å². The van der Waals surface area contributed by atoms with E-state index in [0.717, 1.165) is 18.2 Å². The predicted octanol–water partition coefficient (Wildman–Crippen LogP) is 3.58. The number of rotatable bonds is 3. The summed E-state index contributed by atoms with van der Waals surface area (Å²) < 4.78 is 53.3. The van der Waals surface area contributed by atoms with Gasteiger partial charge in [-0.3, -0.25) is 4.72 Å². The number of para-hydroxylation sites is 1. The number of nitrogens with zero attached hydrogens (tertiary/aromatic N) is 1. The molecule has 1 heterocycles. The smallest absolute Gasteiger partial charge is 0.265 e. The van der Waals surface area contributed by atoms with Crippen LogP contribution in [0.1, 0.15) is 0 Å². The van der Waals surface area contributed by atoms with E-state index in [1.807, 2.05) is 4.72 Å². The average Bonchev–Trinajstić information content (AvgIpc) is 2.37. The number of pyridine rings is 1. The minimum absolute atomic E-state index is 0.308. The first kappa shape index (κ1) is 15.1. The van der Waals surface area contributed by atoms with Crippen molar-refractivity contribution in [2.45, 2.75) is 4.90 Å². The van der Waals surface area contributed by atoms with Crippen molar-refractivity contribution in [2.24, 2.45) is 0 Å². The fourth-order valence-corrected chi connectivity index (χ4v) is 3.40. The van der Waals surface area contributed by atoms with Crippen molar-refractivity contribution in [3.8, 4) is 0 Å². The molecule has 0 saturated heterocycles. The van der Waals surface area contributed by atoms with E-state index in [1.54, 1.807) is 0 Å². The van der Waals surface area contributed by atoms with Crippen LogP contribution in [0, 0.1) is 11.6 Å². The molecule has 106 valence electrons. The lowest BCUT2D eigenvalue weighted by Gasteiger charge is -2.10. The molecule has 0 amide bonds. The number of hydrogen-bond donors (Lipinski definition) is 1. The highest BCUT2D eigenvalue weighted by Gasteiger charge is 2.22. The van der Waals surface area contributed by atoms with Gasteiger partial charge in [-0.05, 0) is 34.1 Å². The second kappa shape index (κ2) is 5.63. The van der Waals surface area contributed by atoms with E-state index >= 15 is 0 Å². The molecule has 0 saturated carbocycles. The third kappa shape index (κ3) is 3.08. The highest BCUT2D eigenvalue weighted by atomic mass is 79.9. The van der Waals surface area contributed by atoms with Gasteiger partial charge in [0.15, 0.2) is 0 Å². The van der Waals surface area contributed by atoms with Gasteiger partial charge in [-0.2, -0.15) is 0 Å². The van der Waals surface area contributed by atoms with Gasteiger partial charge in [0.1, 0.15) is 27.4 Å². The summed E-state index contributed by atoms with van der Waals surface area (Å²) in [5, 5.41) is -0.308. The number of halogens is 4. The summed E-state index contributed by atoms with van der Waals surface area (Å²) in [4.78, 5) is 3.25. The summed E-state index contributed by atoms with van der Waals surface area (Å²) in [6.07, 6.45) is 1.30. The van der Waals surface area contributed by atoms with Crippen LogP contribution in [0.2, 0.25) is 5.15 Å². The van der Waals surface area contributed by atoms with Crippen LogP contribution in [-0.4, -0.2) is 13.4 Å². The van der Waals surface area contributed by atoms with E-state index in [0.29, 0.717) is 4.47 Å². The highest BCUT2D eigenvalue weighted by Crippen LogP contribution is 2.27. The van der Waals surface area contributed by atoms with Crippen molar-refractivity contribution in [1.82, 2.24) is 4.98 Å². The van der Waals surface area contributed by atoms with E-state index in [1.165, 1.54) is 12.3 Å². The Hall–Kier alpha value is -1.25. The molecule has 0 fully saturated rings. The molecule has 4 nitrogen and oxygen atoms in total. The summed E-state index contributed by atoms with van der Waals surface area (Å²) >= 11 is 8.73. The maximum absolute atomic E-state index is 13.5. The minimum Gasteiger partial charge on any atom is -0.274 e. The zero-order valence-electron chi connectivity index (χ0n) is 9.57. The van der Waals surface area contributed by atoms with E-state index in [2.05, 4.69) is 20.9 Å². The van der Waals surface area contributed by atoms with Gasteiger partial charge in [0.2, 0.25) is 0 Å². The number of hydrogen-bond acceptors (Lipinski definition) is 3. The predicted molar refractivity (Wildman–Crippen MR) is 74.1 cm³/mol. The summed E-state index contributed by atoms with van der Waals surface area (Å²) in [7, 11) is -4.27. The molecule has 0 radical (unpaired) electrons. The maximum Gasteiger partial charge on any atom is 0.265 e. The van der Waals surface area contributed by atoms with Crippen molar-refractivity contribution in [2.75, 3.05) is 4.72 Å². The molecule has 2 rings (SSSR count). The highest BCUT2D eigenvalue weighted by molar-refractivity contribution is 9.10. The first-order chi connectivity index (χ1) is 9.31. The molecule has 0 unspecified atom stereocenters. The van der Waals surface area contributed by atoms with Crippen molar-refractivity contribution < 1.29 is 17.2 Å². The molecule has 1 N–H and O–H groups in total. The molecule has 1 aromatic carbocycles. The SMILES string of the molecule is O=S(=O)(Nc1c(F)cccc1F)c1cc(Br)cnc1Cl. The first-order valence-corrected chi connectivity index (χ1v) is 7.74. The molecule has 0 aliphatic heterocycles. The van der Waals surface area contributed by atoms with Crippen LogP contribution in [0.5, 0.6) is 0 Å². The van der Waals surface area contributed by atoms with Crippen molar-refractivity contribution >= 4 is 43.2 Å². The zero-order chi connectivity index (χ0) is 14.9. The number of nitrogens with one attached hydrogen (secondary N) is 1. The summed E-state index contributed by atoms with van der Waals surface area (Å²) in [6.45, 7) is 0. The van der Waals surface area contributed by atoms with Crippen LogP contribution in [-0.2, 0) is 10.0 Å². The van der Waals surface area contributed by atoms with Gasteiger partial charge in [-0.1, -0.05) is 17.7 Å². The van der Waals surface area contributed by atoms with Gasteiger partial charge >= 0.3 is 0 Å². The van der Waals surface area contributed by atoms with E-state index in [4.69, 9.17) is 11.6 Å². The second-order valence-corrected chi connectivity index (χ2v) is 6.57. The van der Waals surface area contributed by atoms with E-state index in [-0.39, 0.29) is 5.15 Å². The topological polar surface area (TPSA) is 59.1 Å². The lowest BCUT2D eigenvalue weighted by atomic mass is 10.3. The first-order valence-electron chi connectivity index (χ1n) is 5.09. The standard InChI is InChI=1S/C11H6BrClF2N2O2S/c12-6-4-9(11(13)16-5-6)20(18,19)17-10-7(14)2-1-3-8(10)15/h1-5,17H. The van der Waals surface area contributed by atoms with Crippen LogP contribution in [0.3, 0.4) is 0 Å². The third-order valence-electron chi connectivity index (χ3n) is 2.26. The Balaban J connectivity index is 2.49. The van der Waals surface area contributed by atoms with Crippen molar-refractivity contribution in [3.05, 3.63) is 51.7 Å². The molecule has 20 heavy (non-hydrogen) atoms. The molecule has 0 aliphatic carbocycles. The van der Waals surface area contributed by atoms with Crippen LogP contribution in [0.25, 0.3) is 0 Å². The van der Waals surface area contributed by atoms with Gasteiger partial charge in [0, 0.05) is 10.7 Å². The van der Waals surface area contributed by atoms with Crippen LogP contribution in [0.15, 0.2) is 39.8 Å². The number of sulfonamides is 1. The quantitative estimate of drug-likeness (QED) is 0.824. The molecule has 0 aliphatic rings.